The van der Waals surface area contributed by atoms with Crippen LogP contribution in [-0.2, 0) is 4.79 Å². The highest BCUT2D eigenvalue weighted by molar-refractivity contribution is 5.91. The van der Waals surface area contributed by atoms with Crippen molar-refractivity contribution in [1.29, 1.82) is 0 Å². The third-order valence-electron chi connectivity index (χ3n) is 4.04. The van der Waals surface area contributed by atoms with Crippen molar-refractivity contribution in [2.75, 3.05) is 23.3 Å². The van der Waals surface area contributed by atoms with Gasteiger partial charge in [0.1, 0.15) is 5.82 Å². The van der Waals surface area contributed by atoms with Crippen LogP contribution in [0.5, 0.6) is 0 Å². The number of pyridine rings is 1. The van der Waals surface area contributed by atoms with Crippen LogP contribution in [0.25, 0.3) is 0 Å². The van der Waals surface area contributed by atoms with Gasteiger partial charge in [0, 0.05) is 36.6 Å². The number of aryl methyl sites for hydroxylation is 2. The number of rotatable bonds is 3. The molecule has 1 fully saturated rings. The minimum Gasteiger partial charge on any atom is -0.341 e. The summed E-state index contributed by atoms with van der Waals surface area (Å²) in [5, 5.41) is 2.88. The van der Waals surface area contributed by atoms with Gasteiger partial charge in [-0.1, -0.05) is 6.07 Å². The zero-order chi connectivity index (χ0) is 16.2. The van der Waals surface area contributed by atoms with Gasteiger partial charge in [0.2, 0.25) is 11.9 Å². The molecule has 0 spiro atoms. The van der Waals surface area contributed by atoms with E-state index in [-0.39, 0.29) is 11.8 Å². The molecule has 0 unspecified atom stereocenters. The summed E-state index contributed by atoms with van der Waals surface area (Å²) < 4.78 is 0. The average molecular weight is 311 g/mol. The molecule has 3 heterocycles. The van der Waals surface area contributed by atoms with Gasteiger partial charge in [-0.05, 0) is 44.9 Å². The summed E-state index contributed by atoms with van der Waals surface area (Å²) in [7, 11) is 0. The quantitative estimate of drug-likeness (QED) is 0.942. The lowest BCUT2D eigenvalue weighted by Crippen LogP contribution is -2.39. The van der Waals surface area contributed by atoms with Crippen molar-refractivity contribution >= 4 is 17.7 Å². The van der Waals surface area contributed by atoms with Crippen LogP contribution in [0.3, 0.4) is 0 Å². The summed E-state index contributed by atoms with van der Waals surface area (Å²) in [5.41, 5.74) is 1.95. The van der Waals surface area contributed by atoms with Gasteiger partial charge < -0.3 is 10.2 Å². The Labute approximate surface area is 136 Å². The first-order chi connectivity index (χ1) is 11.1. The lowest BCUT2D eigenvalue weighted by Gasteiger charge is -2.31. The zero-order valence-corrected chi connectivity index (χ0v) is 13.5. The number of carbonyl (C=O) groups excluding carboxylic acids is 1. The number of hydrogen-bond donors (Lipinski definition) is 1. The van der Waals surface area contributed by atoms with E-state index in [0.717, 1.165) is 43.3 Å². The van der Waals surface area contributed by atoms with Gasteiger partial charge in [-0.25, -0.2) is 15.0 Å². The Hall–Kier alpha value is -2.50. The maximum Gasteiger partial charge on any atom is 0.228 e. The van der Waals surface area contributed by atoms with E-state index in [1.807, 2.05) is 32.0 Å². The van der Waals surface area contributed by atoms with E-state index in [1.165, 1.54) is 0 Å². The molecule has 120 valence electrons. The van der Waals surface area contributed by atoms with Crippen LogP contribution in [0, 0.1) is 19.8 Å². The molecule has 0 aromatic carbocycles. The van der Waals surface area contributed by atoms with E-state index in [1.54, 1.807) is 12.3 Å². The molecule has 1 saturated heterocycles. The summed E-state index contributed by atoms with van der Waals surface area (Å²) in [6.07, 6.45) is 3.28. The number of anilines is 2. The number of piperidine rings is 1. The van der Waals surface area contributed by atoms with Crippen molar-refractivity contribution in [3.8, 4) is 0 Å². The smallest absolute Gasteiger partial charge is 0.228 e. The van der Waals surface area contributed by atoms with Gasteiger partial charge in [-0.2, -0.15) is 0 Å². The van der Waals surface area contributed by atoms with Crippen molar-refractivity contribution in [2.24, 2.45) is 5.92 Å². The number of aromatic nitrogens is 3. The van der Waals surface area contributed by atoms with E-state index in [9.17, 15) is 4.79 Å². The molecule has 0 atom stereocenters. The van der Waals surface area contributed by atoms with Crippen molar-refractivity contribution in [2.45, 2.75) is 26.7 Å². The second-order valence-electron chi connectivity index (χ2n) is 5.92. The maximum atomic E-state index is 12.3. The maximum absolute atomic E-state index is 12.3. The van der Waals surface area contributed by atoms with Crippen molar-refractivity contribution in [3.63, 3.8) is 0 Å². The normalized spacial score (nSPS) is 15.5. The molecule has 0 saturated carbocycles. The van der Waals surface area contributed by atoms with E-state index in [4.69, 9.17) is 0 Å². The second kappa shape index (κ2) is 6.73. The molecule has 0 radical (unpaired) electrons. The molecule has 1 aliphatic heterocycles. The van der Waals surface area contributed by atoms with Crippen LogP contribution in [0.1, 0.15) is 24.2 Å². The van der Waals surface area contributed by atoms with Crippen LogP contribution < -0.4 is 10.2 Å². The zero-order valence-electron chi connectivity index (χ0n) is 13.5. The van der Waals surface area contributed by atoms with E-state index < -0.39 is 0 Å². The van der Waals surface area contributed by atoms with Gasteiger partial charge >= 0.3 is 0 Å². The van der Waals surface area contributed by atoms with Gasteiger partial charge in [-0.3, -0.25) is 4.79 Å². The molecule has 2 aromatic heterocycles. The summed E-state index contributed by atoms with van der Waals surface area (Å²) in [5.74, 6) is 1.44. The Morgan fingerprint density at radius 1 is 1.17 bits per heavy atom. The summed E-state index contributed by atoms with van der Waals surface area (Å²) >= 11 is 0. The van der Waals surface area contributed by atoms with E-state index in [2.05, 4.69) is 25.2 Å². The van der Waals surface area contributed by atoms with Crippen molar-refractivity contribution in [3.05, 3.63) is 41.9 Å². The topological polar surface area (TPSA) is 71.0 Å². The summed E-state index contributed by atoms with van der Waals surface area (Å²) in [6.45, 7) is 5.54. The van der Waals surface area contributed by atoms with Gasteiger partial charge in [-0.15, -0.1) is 0 Å². The Kier molecular flexibility index (Phi) is 4.50. The molecular formula is C17H21N5O. The highest BCUT2D eigenvalue weighted by atomic mass is 16.1. The highest BCUT2D eigenvalue weighted by Crippen LogP contribution is 2.22. The average Bonchev–Trinajstić information content (AvgIpc) is 2.55. The standard InChI is InChI=1S/C17H21N5O/c1-12-11-13(2)20-17(19-12)22-9-6-14(7-10-22)16(23)21-15-5-3-4-8-18-15/h3-5,8,11,14H,6-7,9-10H2,1-2H3,(H,18,21,23). The Balaban J connectivity index is 1.58. The van der Waals surface area contributed by atoms with Crippen molar-refractivity contribution in [1.82, 2.24) is 15.0 Å². The molecule has 1 amide bonds. The molecule has 3 rings (SSSR count). The molecule has 6 heteroatoms. The number of carbonyl (C=O) groups is 1. The third-order valence-corrected chi connectivity index (χ3v) is 4.04. The van der Waals surface area contributed by atoms with E-state index >= 15 is 0 Å². The Bertz CT molecular complexity index is 660. The Morgan fingerprint density at radius 2 is 1.87 bits per heavy atom. The first kappa shape index (κ1) is 15.4. The molecule has 6 nitrogen and oxygen atoms in total. The van der Waals surface area contributed by atoms with E-state index in [0.29, 0.717) is 5.82 Å². The third kappa shape index (κ3) is 3.83. The molecule has 2 aromatic rings. The molecule has 0 aliphatic carbocycles. The molecule has 0 bridgehead atoms. The van der Waals surface area contributed by atoms with Crippen molar-refractivity contribution < 1.29 is 4.79 Å². The lowest BCUT2D eigenvalue weighted by atomic mass is 9.96. The highest BCUT2D eigenvalue weighted by Gasteiger charge is 2.26. The number of hydrogen-bond acceptors (Lipinski definition) is 5. The fourth-order valence-electron chi connectivity index (χ4n) is 2.86. The number of nitrogens with one attached hydrogen (secondary N) is 1. The fourth-order valence-corrected chi connectivity index (χ4v) is 2.86. The summed E-state index contributed by atoms with van der Waals surface area (Å²) in [6, 6.07) is 7.47. The minimum atomic E-state index is 0.0131. The fraction of sp³-hybridized carbons (Fsp3) is 0.412. The molecule has 23 heavy (non-hydrogen) atoms. The number of amides is 1. The van der Waals surface area contributed by atoms with Crippen LogP contribution in [0.2, 0.25) is 0 Å². The lowest BCUT2D eigenvalue weighted by molar-refractivity contribution is -0.120. The van der Waals surface area contributed by atoms with Gasteiger partial charge in [0.15, 0.2) is 0 Å². The summed E-state index contributed by atoms with van der Waals surface area (Å²) in [4.78, 5) is 27.6. The molecule has 1 aliphatic rings. The van der Waals surface area contributed by atoms with Crippen LogP contribution in [0.4, 0.5) is 11.8 Å². The molecular weight excluding hydrogens is 290 g/mol. The second-order valence-corrected chi connectivity index (χ2v) is 5.92. The van der Waals surface area contributed by atoms with Gasteiger partial charge in [0.25, 0.3) is 0 Å². The monoisotopic (exact) mass is 311 g/mol. The first-order valence-corrected chi connectivity index (χ1v) is 7.91. The SMILES string of the molecule is Cc1cc(C)nc(N2CCC(C(=O)Nc3ccccn3)CC2)n1. The largest absolute Gasteiger partial charge is 0.341 e. The predicted molar refractivity (Wildman–Crippen MR) is 89.3 cm³/mol. The first-order valence-electron chi connectivity index (χ1n) is 7.91. The van der Waals surface area contributed by atoms with Gasteiger partial charge in [0.05, 0.1) is 0 Å². The minimum absolute atomic E-state index is 0.0131. The Morgan fingerprint density at radius 3 is 2.48 bits per heavy atom. The van der Waals surface area contributed by atoms with Crippen LogP contribution >= 0.6 is 0 Å². The van der Waals surface area contributed by atoms with Crippen LogP contribution in [-0.4, -0.2) is 33.9 Å². The predicted octanol–water partition coefficient (Wildman–Crippen LogP) is 2.34. The number of nitrogens with zero attached hydrogens (tertiary/aromatic N) is 4. The van der Waals surface area contributed by atoms with Crippen LogP contribution in [0.15, 0.2) is 30.5 Å². The molecule has 1 N–H and O–H groups in total.